The predicted molar refractivity (Wildman–Crippen MR) is 76.6 cm³/mol. The molecule has 1 heterocycles. The van der Waals surface area contributed by atoms with Gasteiger partial charge in [0.1, 0.15) is 6.04 Å². The Morgan fingerprint density at radius 3 is 2.89 bits per heavy atom. The van der Waals surface area contributed by atoms with Crippen molar-refractivity contribution in [1.82, 2.24) is 5.32 Å². The van der Waals surface area contributed by atoms with Crippen LogP contribution in [0.3, 0.4) is 0 Å². The van der Waals surface area contributed by atoms with Crippen molar-refractivity contribution >= 4 is 27.5 Å². The van der Waals surface area contributed by atoms with E-state index in [-0.39, 0.29) is 18.0 Å². The molecule has 1 saturated heterocycles. The Bertz CT molecular complexity index is 462. The number of rotatable bonds is 2. The molecule has 2 rings (SSSR count). The first-order chi connectivity index (χ1) is 8.50. The van der Waals surface area contributed by atoms with E-state index in [1.54, 1.807) is 0 Å². The van der Waals surface area contributed by atoms with Gasteiger partial charge in [0, 0.05) is 23.6 Å². The van der Waals surface area contributed by atoms with Crippen molar-refractivity contribution in [2.45, 2.75) is 25.9 Å². The zero-order valence-corrected chi connectivity index (χ0v) is 12.2. The topological polar surface area (TPSA) is 58.4 Å². The maximum Gasteiger partial charge on any atom is 0.242 e. The number of carbonyl (C=O) groups excluding carboxylic acids is 1. The molecule has 5 heteroatoms. The number of carbonyl (C=O) groups is 1. The van der Waals surface area contributed by atoms with Gasteiger partial charge in [0.05, 0.1) is 5.69 Å². The van der Waals surface area contributed by atoms with Gasteiger partial charge in [0.2, 0.25) is 5.91 Å². The first-order valence-electron chi connectivity index (χ1n) is 6.10. The number of hydrogen-bond donors (Lipinski definition) is 2. The fourth-order valence-electron chi connectivity index (χ4n) is 2.15. The van der Waals surface area contributed by atoms with E-state index in [0.29, 0.717) is 6.54 Å². The van der Waals surface area contributed by atoms with Crippen LogP contribution in [-0.4, -0.2) is 25.0 Å². The lowest BCUT2D eigenvalue weighted by Gasteiger charge is -2.35. The summed E-state index contributed by atoms with van der Waals surface area (Å²) >= 11 is 3.57. The maximum atomic E-state index is 11.7. The van der Waals surface area contributed by atoms with E-state index in [4.69, 9.17) is 5.73 Å². The van der Waals surface area contributed by atoms with Gasteiger partial charge in [-0.15, -0.1) is 0 Å². The van der Waals surface area contributed by atoms with Crippen LogP contribution in [0, 0.1) is 0 Å². The van der Waals surface area contributed by atoms with Gasteiger partial charge in [0.15, 0.2) is 0 Å². The van der Waals surface area contributed by atoms with Crippen LogP contribution in [0.25, 0.3) is 0 Å². The highest BCUT2D eigenvalue weighted by molar-refractivity contribution is 9.10. The quantitative estimate of drug-likeness (QED) is 0.875. The minimum Gasteiger partial charge on any atom is -0.357 e. The van der Waals surface area contributed by atoms with Crippen molar-refractivity contribution in [2.75, 3.05) is 18.0 Å². The zero-order valence-electron chi connectivity index (χ0n) is 10.6. The van der Waals surface area contributed by atoms with Crippen LogP contribution in [0.5, 0.6) is 0 Å². The van der Waals surface area contributed by atoms with Crippen LogP contribution in [0.1, 0.15) is 25.5 Å². The van der Waals surface area contributed by atoms with Crippen LogP contribution in [0.4, 0.5) is 5.69 Å². The molecule has 0 spiro atoms. The molecule has 1 aliphatic heterocycles. The Balaban J connectivity index is 2.30. The first-order valence-corrected chi connectivity index (χ1v) is 6.89. The number of nitrogens with zero attached hydrogens (tertiary/aromatic N) is 1. The SMILES string of the molecule is CC1C(=O)NCCN1c1ccc([C@H](C)N)cc1Br. The molecule has 3 N–H and O–H groups in total. The van der Waals surface area contributed by atoms with Crippen molar-refractivity contribution < 1.29 is 4.79 Å². The number of halogens is 1. The standard InChI is InChI=1S/C13H18BrN3O/c1-8(15)10-3-4-12(11(14)7-10)17-6-5-16-13(18)9(17)2/h3-4,7-9H,5-6,15H2,1-2H3,(H,16,18)/t8-,9?/m0/s1. The van der Waals surface area contributed by atoms with E-state index >= 15 is 0 Å². The van der Waals surface area contributed by atoms with Crippen LogP contribution >= 0.6 is 15.9 Å². The van der Waals surface area contributed by atoms with Gasteiger partial charge in [-0.2, -0.15) is 0 Å². The highest BCUT2D eigenvalue weighted by Gasteiger charge is 2.26. The summed E-state index contributed by atoms with van der Waals surface area (Å²) in [6, 6.07) is 5.94. The maximum absolute atomic E-state index is 11.7. The molecule has 0 saturated carbocycles. The summed E-state index contributed by atoms with van der Waals surface area (Å²) in [7, 11) is 0. The number of nitrogens with one attached hydrogen (secondary N) is 1. The molecule has 1 amide bonds. The van der Waals surface area contributed by atoms with E-state index in [0.717, 1.165) is 22.3 Å². The van der Waals surface area contributed by atoms with Gasteiger partial charge in [-0.1, -0.05) is 6.07 Å². The van der Waals surface area contributed by atoms with E-state index < -0.39 is 0 Å². The highest BCUT2D eigenvalue weighted by Crippen LogP contribution is 2.30. The molecule has 18 heavy (non-hydrogen) atoms. The van der Waals surface area contributed by atoms with Gasteiger partial charge in [-0.25, -0.2) is 0 Å². The third kappa shape index (κ3) is 2.52. The van der Waals surface area contributed by atoms with Crippen molar-refractivity contribution in [2.24, 2.45) is 5.73 Å². The van der Waals surface area contributed by atoms with Gasteiger partial charge >= 0.3 is 0 Å². The summed E-state index contributed by atoms with van der Waals surface area (Å²) in [5.41, 5.74) is 7.99. The first kappa shape index (κ1) is 13.4. The molecule has 0 radical (unpaired) electrons. The minimum atomic E-state index is -0.142. The minimum absolute atomic E-state index is 0.0115. The Labute approximate surface area is 116 Å². The molecule has 2 atom stereocenters. The molecule has 1 aromatic rings. The Hall–Kier alpha value is -1.07. The van der Waals surface area contributed by atoms with Crippen LogP contribution in [0.2, 0.25) is 0 Å². The van der Waals surface area contributed by atoms with Crippen molar-refractivity contribution in [1.29, 1.82) is 0 Å². The second-order valence-electron chi connectivity index (χ2n) is 4.66. The summed E-state index contributed by atoms with van der Waals surface area (Å²) in [5, 5.41) is 2.86. The van der Waals surface area contributed by atoms with Crippen LogP contribution in [0.15, 0.2) is 22.7 Å². The third-order valence-corrected chi connectivity index (χ3v) is 3.94. The Morgan fingerprint density at radius 1 is 1.56 bits per heavy atom. The smallest absolute Gasteiger partial charge is 0.242 e. The monoisotopic (exact) mass is 311 g/mol. The van der Waals surface area contributed by atoms with Crippen LogP contribution in [-0.2, 0) is 4.79 Å². The van der Waals surface area contributed by atoms with Gasteiger partial charge in [-0.05, 0) is 47.5 Å². The Kier molecular flexibility index (Phi) is 3.92. The van der Waals surface area contributed by atoms with E-state index in [1.807, 2.05) is 32.0 Å². The number of anilines is 1. The largest absolute Gasteiger partial charge is 0.357 e. The number of benzene rings is 1. The van der Waals surface area contributed by atoms with Crippen LogP contribution < -0.4 is 16.0 Å². The highest BCUT2D eigenvalue weighted by atomic mass is 79.9. The normalized spacial score (nSPS) is 21.7. The molecule has 0 bridgehead atoms. The predicted octanol–water partition coefficient (Wildman–Crippen LogP) is 1.79. The molecule has 4 nitrogen and oxygen atoms in total. The van der Waals surface area contributed by atoms with E-state index in [2.05, 4.69) is 26.1 Å². The molecule has 98 valence electrons. The molecule has 0 aromatic heterocycles. The lowest BCUT2D eigenvalue weighted by molar-refractivity contribution is -0.122. The summed E-state index contributed by atoms with van der Waals surface area (Å²) < 4.78 is 0.985. The number of piperazine rings is 1. The number of nitrogens with two attached hydrogens (primary N) is 1. The molecule has 1 fully saturated rings. The Morgan fingerprint density at radius 2 is 2.28 bits per heavy atom. The molecule has 1 aliphatic rings. The van der Waals surface area contributed by atoms with Crippen molar-refractivity contribution in [3.8, 4) is 0 Å². The molecular formula is C13H18BrN3O. The fourth-order valence-corrected chi connectivity index (χ4v) is 2.78. The molecule has 1 unspecified atom stereocenters. The lowest BCUT2D eigenvalue weighted by atomic mass is 10.1. The second kappa shape index (κ2) is 5.28. The number of hydrogen-bond acceptors (Lipinski definition) is 3. The molecular weight excluding hydrogens is 294 g/mol. The lowest BCUT2D eigenvalue weighted by Crippen LogP contribution is -2.54. The summed E-state index contributed by atoms with van der Waals surface area (Å²) in [6.45, 7) is 5.38. The fraction of sp³-hybridized carbons (Fsp3) is 0.462. The van der Waals surface area contributed by atoms with Gasteiger partial charge < -0.3 is 16.0 Å². The van der Waals surface area contributed by atoms with Crippen molar-refractivity contribution in [3.05, 3.63) is 28.2 Å². The van der Waals surface area contributed by atoms with Crippen molar-refractivity contribution in [3.63, 3.8) is 0 Å². The van der Waals surface area contributed by atoms with E-state index in [1.165, 1.54) is 0 Å². The molecule has 1 aromatic carbocycles. The third-order valence-electron chi connectivity index (χ3n) is 3.31. The molecule has 0 aliphatic carbocycles. The van der Waals surface area contributed by atoms with Gasteiger partial charge in [0.25, 0.3) is 0 Å². The average molecular weight is 312 g/mol. The number of amides is 1. The summed E-state index contributed by atoms with van der Waals surface area (Å²) in [4.78, 5) is 13.8. The van der Waals surface area contributed by atoms with E-state index in [9.17, 15) is 4.79 Å². The second-order valence-corrected chi connectivity index (χ2v) is 5.51. The summed E-state index contributed by atoms with van der Waals surface area (Å²) in [5.74, 6) is 0.0735. The average Bonchev–Trinajstić information content (AvgIpc) is 2.33. The zero-order chi connectivity index (χ0) is 13.3. The summed E-state index contributed by atoms with van der Waals surface area (Å²) in [6.07, 6.45) is 0. The van der Waals surface area contributed by atoms with Gasteiger partial charge in [-0.3, -0.25) is 4.79 Å².